The summed E-state index contributed by atoms with van der Waals surface area (Å²) in [4.78, 5) is 0. The Morgan fingerprint density at radius 1 is 0.473 bits per heavy atom. The molecule has 0 spiro atoms. The van der Waals surface area contributed by atoms with E-state index in [2.05, 4.69) is 193 Å². The molecular weight excluding hydrogens is 667 g/mol. The Morgan fingerprint density at radius 2 is 1.05 bits per heavy atom. The van der Waals surface area contributed by atoms with Gasteiger partial charge in [-0.3, -0.25) is 0 Å². The molecular formula is C53H35NO. The summed E-state index contributed by atoms with van der Waals surface area (Å²) in [5.41, 5.74) is 12.3. The van der Waals surface area contributed by atoms with Crippen molar-refractivity contribution in [1.29, 1.82) is 0 Å². The van der Waals surface area contributed by atoms with Gasteiger partial charge >= 0.3 is 0 Å². The van der Waals surface area contributed by atoms with Crippen LogP contribution in [-0.4, -0.2) is 4.57 Å². The summed E-state index contributed by atoms with van der Waals surface area (Å²) in [7, 11) is 0. The van der Waals surface area contributed by atoms with Gasteiger partial charge in [-0.1, -0.05) is 159 Å². The molecule has 0 N–H and O–H groups in total. The number of furan rings is 1. The first-order valence-corrected chi connectivity index (χ1v) is 19.3. The maximum Gasteiger partial charge on any atom is 0.135 e. The van der Waals surface area contributed by atoms with Crippen molar-refractivity contribution in [1.82, 2.24) is 4.57 Å². The Labute approximate surface area is 318 Å². The number of hydrogen-bond acceptors (Lipinski definition) is 1. The topological polar surface area (TPSA) is 18.1 Å². The molecule has 0 radical (unpaired) electrons. The van der Waals surface area contributed by atoms with Crippen molar-refractivity contribution < 1.29 is 4.42 Å². The van der Waals surface area contributed by atoms with Gasteiger partial charge in [0.05, 0.1) is 11.0 Å². The Kier molecular flexibility index (Phi) is 6.41. The van der Waals surface area contributed by atoms with E-state index in [0.29, 0.717) is 0 Å². The maximum absolute atomic E-state index is 6.94. The fraction of sp³-hybridized carbons (Fsp3) is 0.0566. The fourth-order valence-electron chi connectivity index (χ4n) is 10.1. The van der Waals surface area contributed by atoms with Gasteiger partial charge in [0, 0.05) is 39.2 Å². The number of nitrogens with zero attached hydrogens (tertiary/aromatic N) is 1. The monoisotopic (exact) mass is 701 g/mol. The smallest absolute Gasteiger partial charge is 0.135 e. The van der Waals surface area contributed by atoms with Crippen LogP contribution in [0.25, 0.3) is 93.0 Å². The Balaban J connectivity index is 1.12. The van der Waals surface area contributed by atoms with Crippen molar-refractivity contribution >= 4 is 65.1 Å². The summed E-state index contributed by atoms with van der Waals surface area (Å²) in [6, 6.07) is 66.9. The standard InChI is InChI=1S/C53H35NO/c1-32-48(39-21-4-9-26-44(39)52-51-36-18-3-2-15-33(36)29-30-47(51)55-53(32)52)50-42-24-7-5-22-40(42)49(41-23-6-8-25-43(41)50)34-16-14-17-35(31-34)54-45-27-12-10-19-37(45)38-20-11-13-28-46(38)54/h2-32,48H,1H3. The predicted octanol–water partition coefficient (Wildman–Crippen LogP) is 14.6. The fourth-order valence-corrected chi connectivity index (χ4v) is 10.1. The molecule has 2 atom stereocenters. The van der Waals surface area contributed by atoms with E-state index in [9.17, 15) is 0 Å². The maximum atomic E-state index is 6.94. The highest BCUT2D eigenvalue weighted by Gasteiger charge is 2.38. The van der Waals surface area contributed by atoms with E-state index in [0.717, 1.165) is 17.0 Å². The molecule has 2 heteroatoms. The molecule has 55 heavy (non-hydrogen) atoms. The van der Waals surface area contributed by atoms with Crippen LogP contribution in [-0.2, 0) is 0 Å². The van der Waals surface area contributed by atoms with Gasteiger partial charge in [-0.05, 0) is 90.5 Å². The molecule has 0 bridgehead atoms. The van der Waals surface area contributed by atoms with Crippen LogP contribution in [0.1, 0.15) is 35.6 Å². The molecule has 2 heterocycles. The SMILES string of the molecule is CC1c2oc3ccc4ccccc4c3c2-c2ccccc2C1c1c2ccccc2c(-c2cccc(-n3c4ccccc4c4ccccc43)c2)c2ccccc12. The zero-order valence-electron chi connectivity index (χ0n) is 30.3. The normalized spacial score (nSPS) is 15.4. The molecule has 1 aliphatic rings. The Hall–Kier alpha value is -6.90. The zero-order valence-corrected chi connectivity index (χ0v) is 30.3. The molecule has 2 unspecified atom stereocenters. The molecule has 0 saturated carbocycles. The lowest BCUT2D eigenvalue weighted by atomic mass is 9.69. The summed E-state index contributed by atoms with van der Waals surface area (Å²) >= 11 is 0. The summed E-state index contributed by atoms with van der Waals surface area (Å²) in [5.74, 6) is 1.27. The molecule has 2 aromatic heterocycles. The minimum absolute atomic E-state index is 0.0864. The number of hydrogen-bond donors (Lipinski definition) is 0. The molecule has 0 amide bonds. The first-order chi connectivity index (χ1) is 27.2. The first kappa shape index (κ1) is 30.6. The van der Waals surface area contributed by atoms with Crippen molar-refractivity contribution in [2.45, 2.75) is 18.8 Å². The summed E-state index contributed by atoms with van der Waals surface area (Å²) < 4.78 is 9.36. The highest BCUT2D eigenvalue weighted by molar-refractivity contribution is 6.17. The lowest BCUT2D eigenvalue weighted by Crippen LogP contribution is -2.17. The largest absolute Gasteiger partial charge is 0.460 e. The molecule has 0 saturated heterocycles. The van der Waals surface area contributed by atoms with Gasteiger partial charge in [0.1, 0.15) is 11.3 Å². The molecule has 258 valence electrons. The van der Waals surface area contributed by atoms with E-state index < -0.39 is 0 Å². The van der Waals surface area contributed by atoms with Crippen LogP contribution in [0.15, 0.2) is 186 Å². The van der Waals surface area contributed by atoms with E-state index in [1.54, 1.807) is 0 Å². The van der Waals surface area contributed by atoms with Crippen molar-refractivity contribution in [2.75, 3.05) is 0 Å². The second-order valence-electron chi connectivity index (χ2n) is 15.2. The third-order valence-corrected chi connectivity index (χ3v) is 12.3. The third-order valence-electron chi connectivity index (χ3n) is 12.3. The van der Waals surface area contributed by atoms with Crippen LogP contribution >= 0.6 is 0 Å². The third kappa shape index (κ3) is 4.25. The van der Waals surface area contributed by atoms with E-state index in [4.69, 9.17) is 4.42 Å². The van der Waals surface area contributed by atoms with Gasteiger partial charge in [-0.25, -0.2) is 0 Å². The highest BCUT2D eigenvalue weighted by Crippen LogP contribution is 2.56. The molecule has 0 aliphatic heterocycles. The van der Waals surface area contributed by atoms with Gasteiger partial charge in [0.25, 0.3) is 0 Å². The Bertz CT molecular complexity index is 3250. The average molecular weight is 702 g/mol. The summed E-state index contributed by atoms with van der Waals surface area (Å²) in [6.45, 7) is 2.37. The van der Waals surface area contributed by atoms with Gasteiger partial charge in [0.2, 0.25) is 0 Å². The van der Waals surface area contributed by atoms with Crippen molar-refractivity contribution in [2.24, 2.45) is 0 Å². The zero-order chi connectivity index (χ0) is 36.2. The minimum atomic E-state index is 0.0864. The minimum Gasteiger partial charge on any atom is -0.460 e. The van der Waals surface area contributed by atoms with E-state index in [1.807, 2.05) is 0 Å². The molecule has 2 nitrogen and oxygen atoms in total. The quantitative estimate of drug-likeness (QED) is 0.168. The van der Waals surface area contributed by atoms with Gasteiger partial charge in [-0.2, -0.15) is 0 Å². The number of aromatic nitrogens is 1. The highest BCUT2D eigenvalue weighted by atomic mass is 16.3. The van der Waals surface area contributed by atoms with Crippen molar-refractivity contribution in [3.8, 4) is 27.9 Å². The van der Waals surface area contributed by atoms with Crippen LogP contribution < -0.4 is 0 Å². The summed E-state index contributed by atoms with van der Waals surface area (Å²) in [6.07, 6.45) is 0. The van der Waals surface area contributed by atoms with E-state index >= 15 is 0 Å². The molecule has 1 aliphatic carbocycles. The summed E-state index contributed by atoms with van der Waals surface area (Å²) in [5, 5.41) is 11.3. The molecule has 12 rings (SSSR count). The van der Waals surface area contributed by atoms with Crippen LogP contribution in [0.2, 0.25) is 0 Å². The van der Waals surface area contributed by atoms with Crippen LogP contribution in [0.5, 0.6) is 0 Å². The lowest BCUT2D eigenvalue weighted by molar-refractivity contribution is 0.479. The predicted molar refractivity (Wildman–Crippen MR) is 231 cm³/mol. The van der Waals surface area contributed by atoms with E-state index in [1.165, 1.54) is 92.9 Å². The number of fused-ring (bicyclic) bond motifs is 12. The van der Waals surface area contributed by atoms with Crippen LogP contribution in [0.3, 0.4) is 0 Å². The second-order valence-corrected chi connectivity index (χ2v) is 15.2. The van der Waals surface area contributed by atoms with E-state index in [-0.39, 0.29) is 11.8 Å². The number of para-hydroxylation sites is 2. The second kappa shape index (κ2) is 11.5. The molecule has 0 fully saturated rings. The Morgan fingerprint density at radius 3 is 1.76 bits per heavy atom. The molecule has 11 aromatic rings. The van der Waals surface area contributed by atoms with Crippen LogP contribution in [0, 0.1) is 0 Å². The van der Waals surface area contributed by atoms with Gasteiger partial charge in [0.15, 0.2) is 0 Å². The number of benzene rings is 9. The average Bonchev–Trinajstić information content (AvgIpc) is 3.81. The van der Waals surface area contributed by atoms with Gasteiger partial charge < -0.3 is 8.98 Å². The number of rotatable bonds is 3. The van der Waals surface area contributed by atoms with Crippen molar-refractivity contribution in [3.63, 3.8) is 0 Å². The van der Waals surface area contributed by atoms with Crippen LogP contribution in [0.4, 0.5) is 0 Å². The lowest BCUT2D eigenvalue weighted by Gasteiger charge is -2.33. The molecule has 9 aromatic carbocycles. The van der Waals surface area contributed by atoms with Gasteiger partial charge in [-0.15, -0.1) is 0 Å². The van der Waals surface area contributed by atoms with Crippen molar-refractivity contribution in [3.05, 3.63) is 199 Å². The first-order valence-electron chi connectivity index (χ1n) is 19.3.